The lowest BCUT2D eigenvalue weighted by Gasteiger charge is -2.24. The summed E-state index contributed by atoms with van der Waals surface area (Å²) in [4.78, 5) is 44.2. The SMILES string of the molecule is CCOc1cc(C=c2sc3n(c2=O)C(c2ccccc2)C(C(=O)OC)=C(C)N=3)ccc1OCC(=O)Nc1cccc(C)c1. The fourth-order valence-corrected chi connectivity index (χ4v) is 5.91. The number of hydrogen-bond acceptors (Lipinski definition) is 8. The van der Waals surface area contributed by atoms with Gasteiger partial charge in [0.15, 0.2) is 22.9 Å². The standard InChI is InChI=1S/C33H31N3O6S/c1-5-41-26-17-22(14-15-25(26)42-19-28(37)35-24-13-9-10-20(2)16-24)18-27-31(38)36-30(23-11-7-6-8-12-23)29(32(39)40-4)21(3)34-33(36)43-27/h6-18,30H,5,19H2,1-4H3,(H,35,37). The highest BCUT2D eigenvalue weighted by Crippen LogP contribution is 2.31. The van der Waals surface area contributed by atoms with Crippen molar-refractivity contribution in [2.75, 3.05) is 25.6 Å². The molecule has 9 nitrogen and oxygen atoms in total. The Morgan fingerprint density at radius 3 is 2.51 bits per heavy atom. The monoisotopic (exact) mass is 597 g/mol. The van der Waals surface area contributed by atoms with E-state index in [0.717, 1.165) is 11.1 Å². The van der Waals surface area contributed by atoms with Crippen LogP contribution in [-0.2, 0) is 14.3 Å². The average molecular weight is 598 g/mol. The highest BCUT2D eigenvalue weighted by atomic mass is 32.1. The van der Waals surface area contributed by atoms with Crippen molar-refractivity contribution in [2.45, 2.75) is 26.8 Å². The maximum atomic E-state index is 13.8. The van der Waals surface area contributed by atoms with Crippen LogP contribution < -0.4 is 29.7 Å². The number of carbonyl (C=O) groups excluding carboxylic acids is 2. The van der Waals surface area contributed by atoms with Gasteiger partial charge in [0.25, 0.3) is 11.5 Å². The van der Waals surface area contributed by atoms with E-state index in [1.807, 2.05) is 68.4 Å². The minimum Gasteiger partial charge on any atom is -0.490 e. The van der Waals surface area contributed by atoms with Crippen molar-refractivity contribution in [3.05, 3.63) is 120 Å². The molecule has 0 fully saturated rings. The number of nitrogens with one attached hydrogen (secondary N) is 1. The molecule has 0 saturated heterocycles. The Morgan fingerprint density at radius 1 is 1.00 bits per heavy atom. The Hall–Kier alpha value is -4.96. The molecule has 2 heterocycles. The molecule has 1 aliphatic heterocycles. The number of hydrogen-bond donors (Lipinski definition) is 1. The molecule has 0 aliphatic carbocycles. The molecule has 5 rings (SSSR count). The van der Waals surface area contributed by atoms with Gasteiger partial charge in [0.1, 0.15) is 0 Å². The number of nitrogens with zero attached hydrogens (tertiary/aromatic N) is 2. The Kier molecular flexibility index (Phi) is 8.87. The van der Waals surface area contributed by atoms with Crippen LogP contribution in [0.1, 0.15) is 36.6 Å². The lowest BCUT2D eigenvalue weighted by atomic mass is 9.96. The first-order valence-corrected chi connectivity index (χ1v) is 14.5. The second-order valence-corrected chi connectivity index (χ2v) is 10.8. The van der Waals surface area contributed by atoms with Crippen molar-refractivity contribution in [1.82, 2.24) is 4.57 Å². The number of fused-ring (bicyclic) bond motifs is 1. The van der Waals surface area contributed by atoms with Crippen LogP contribution in [0.2, 0.25) is 0 Å². The summed E-state index contributed by atoms with van der Waals surface area (Å²) in [5.41, 5.74) is 3.74. The van der Waals surface area contributed by atoms with Gasteiger partial charge in [-0.1, -0.05) is 59.9 Å². The molecule has 0 radical (unpaired) electrons. The average Bonchev–Trinajstić information content (AvgIpc) is 3.30. The van der Waals surface area contributed by atoms with E-state index in [0.29, 0.717) is 50.0 Å². The Balaban J connectivity index is 1.46. The van der Waals surface area contributed by atoms with Crippen molar-refractivity contribution in [3.63, 3.8) is 0 Å². The summed E-state index contributed by atoms with van der Waals surface area (Å²) < 4.78 is 18.6. The van der Waals surface area contributed by atoms with Crippen molar-refractivity contribution in [1.29, 1.82) is 0 Å². The minimum atomic E-state index is -0.673. The number of ether oxygens (including phenoxy) is 3. The first-order valence-electron chi connectivity index (χ1n) is 13.7. The van der Waals surface area contributed by atoms with Crippen LogP contribution in [0.25, 0.3) is 6.08 Å². The summed E-state index contributed by atoms with van der Waals surface area (Å²) in [6, 6.07) is 21.4. The van der Waals surface area contributed by atoms with Gasteiger partial charge in [-0.3, -0.25) is 14.2 Å². The van der Waals surface area contributed by atoms with E-state index in [1.165, 1.54) is 18.4 Å². The van der Waals surface area contributed by atoms with E-state index in [-0.39, 0.29) is 18.1 Å². The minimum absolute atomic E-state index is 0.201. The first-order chi connectivity index (χ1) is 20.8. The molecule has 0 saturated carbocycles. The molecule has 4 aromatic rings. The third-order valence-electron chi connectivity index (χ3n) is 6.77. The fraction of sp³-hybridized carbons (Fsp3) is 0.212. The predicted octanol–water partition coefficient (Wildman–Crippen LogP) is 4.13. The summed E-state index contributed by atoms with van der Waals surface area (Å²) in [5.74, 6) is 0.0161. The van der Waals surface area contributed by atoms with Crippen LogP contribution in [-0.4, -0.2) is 36.8 Å². The third-order valence-corrected chi connectivity index (χ3v) is 7.75. The molecular formula is C33H31N3O6S. The number of allylic oxidation sites excluding steroid dienone is 1. The summed E-state index contributed by atoms with van der Waals surface area (Å²) in [5, 5.41) is 2.82. The van der Waals surface area contributed by atoms with Crippen LogP contribution in [0.4, 0.5) is 5.69 Å². The molecule has 220 valence electrons. The zero-order valence-corrected chi connectivity index (χ0v) is 25.1. The highest BCUT2D eigenvalue weighted by Gasteiger charge is 2.32. The van der Waals surface area contributed by atoms with E-state index in [1.54, 1.807) is 35.8 Å². The number of benzene rings is 3. The van der Waals surface area contributed by atoms with E-state index < -0.39 is 12.0 Å². The Labute approximate surface area is 252 Å². The first kappa shape index (κ1) is 29.5. The van der Waals surface area contributed by atoms with Crippen molar-refractivity contribution < 1.29 is 23.8 Å². The topological polar surface area (TPSA) is 108 Å². The third kappa shape index (κ3) is 6.44. The molecule has 43 heavy (non-hydrogen) atoms. The van der Waals surface area contributed by atoms with Crippen LogP contribution in [0, 0.1) is 6.92 Å². The number of thiazole rings is 1. The van der Waals surface area contributed by atoms with Gasteiger partial charge in [-0.15, -0.1) is 0 Å². The zero-order valence-electron chi connectivity index (χ0n) is 24.2. The van der Waals surface area contributed by atoms with Crippen molar-refractivity contribution in [3.8, 4) is 11.5 Å². The highest BCUT2D eigenvalue weighted by molar-refractivity contribution is 7.07. The van der Waals surface area contributed by atoms with Crippen molar-refractivity contribution in [2.24, 2.45) is 4.99 Å². The normalized spacial score (nSPS) is 14.5. The molecule has 0 bridgehead atoms. The molecule has 1 amide bonds. The van der Waals surface area contributed by atoms with Gasteiger partial charge >= 0.3 is 5.97 Å². The van der Waals surface area contributed by atoms with Gasteiger partial charge in [0.2, 0.25) is 0 Å². The van der Waals surface area contributed by atoms with Gasteiger partial charge in [-0.2, -0.15) is 0 Å². The molecule has 1 aromatic heterocycles. The number of esters is 1. The van der Waals surface area contributed by atoms with Gasteiger partial charge in [-0.05, 0) is 67.8 Å². The summed E-state index contributed by atoms with van der Waals surface area (Å²) in [7, 11) is 1.32. The number of aryl methyl sites for hydroxylation is 1. The van der Waals surface area contributed by atoms with E-state index in [9.17, 15) is 14.4 Å². The maximum absolute atomic E-state index is 13.8. The molecule has 1 aliphatic rings. The van der Waals surface area contributed by atoms with E-state index >= 15 is 0 Å². The number of methoxy groups -OCH3 is 1. The lowest BCUT2D eigenvalue weighted by molar-refractivity contribution is -0.136. The predicted molar refractivity (Wildman–Crippen MR) is 165 cm³/mol. The number of anilines is 1. The van der Waals surface area contributed by atoms with Gasteiger partial charge in [0, 0.05) is 5.69 Å². The molecule has 10 heteroatoms. The zero-order chi connectivity index (χ0) is 30.5. The van der Waals surface area contributed by atoms with Crippen LogP contribution in [0.3, 0.4) is 0 Å². The molecule has 1 N–H and O–H groups in total. The van der Waals surface area contributed by atoms with E-state index in [2.05, 4.69) is 10.3 Å². The van der Waals surface area contributed by atoms with Crippen LogP contribution >= 0.6 is 11.3 Å². The summed E-state index contributed by atoms with van der Waals surface area (Å²) in [6.45, 7) is 5.72. The quantitative estimate of drug-likeness (QED) is 0.291. The van der Waals surface area contributed by atoms with Crippen LogP contribution in [0.5, 0.6) is 11.5 Å². The van der Waals surface area contributed by atoms with Crippen LogP contribution in [0.15, 0.2) is 93.9 Å². The number of aromatic nitrogens is 1. The molecular weight excluding hydrogens is 566 g/mol. The lowest BCUT2D eigenvalue weighted by Crippen LogP contribution is -2.39. The van der Waals surface area contributed by atoms with E-state index in [4.69, 9.17) is 14.2 Å². The van der Waals surface area contributed by atoms with Crippen molar-refractivity contribution >= 4 is 35.0 Å². The summed E-state index contributed by atoms with van der Waals surface area (Å²) >= 11 is 1.24. The Bertz CT molecular complexity index is 1890. The van der Waals surface area contributed by atoms with Gasteiger partial charge < -0.3 is 19.5 Å². The number of amides is 1. The smallest absolute Gasteiger partial charge is 0.338 e. The second kappa shape index (κ2) is 12.9. The second-order valence-electron chi connectivity index (χ2n) is 9.83. The molecule has 1 atom stereocenters. The fourth-order valence-electron chi connectivity index (χ4n) is 4.86. The van der Waals surface area contributed by atoms with Gasteiger partial charge in [-0.25, -0.2) is 9.79 Å². The largest absolute Gasteiger partial charge is 0.490 e. The number of rotatable bonds is 9. The molecule has 3 aromatic carbocycles. The van der Waals surface area contributed by atoms with Gasteiger partial charge in [0.05, 0.1) is 35.6 Å². The summed E-state index contributed by atoms with van der Waals surface area (Å²) in [6.07, 6.45) is 1.75. The molecule has 0 spiro atoms. The Morgan fingerprint density at radius 2 is 1.79 bits per heavy atom. The molecule has 1 unspecified atom stereocenters. The maximum Gasteiger partial charge on any atom is 0.338 e. The number of carbonyl (C=O) groups is 2.